The minimum atomic E-state index is -3.97. The molecule has 0 bridgehead atoms. The molecule has 0 saturated carbocycles. The van der Waals surface area contributed by atoms with E-state index in [0.29, 0.717) is 5.56 Å². The number of benzene rings is 2. The number of hydrogen-bond donors (Lipinski definition) is 2. The normalized spacial score (nSPS) is 19.6. The molecule has 2 aliphatic rings. The Labute approximate surface area is 215 Å². The van der Waals surface area contributed by atoms with Gasteiger partial charge in [-0.3, -0.25) is 24.5 Å². The van der Waals surface area contributed by atoms with Crippen LogP contribution in [0.5, 0.6) is 0 Å². The van der Waals surface area contributed by atoms with Gasteiger partial charge in [0.05, 0.1) is 31.4 Å². The molecule has 174 valence electrons. The van der Waals surface area contributed by atoms with Crippen molar-refractivity contribution < 1.29 is 28.0 Å². The van der Waals surface area contributed by atoms with Crippen LogP contribution in [-0.4, -0.2) is 66.0 Å². The van der Waals surface area contributed by atoms with E-state index in [1.54, 1.807) is 0 Å². The van der Waals surface area contributed by atoms with Crippen molar-refractivity contribution in [3.63, 3.8) is 0 Å². The average Bonchev–Trinajstić information content (AvgIpc) is 3.12. The number of halogens is 3. The van der Waals surface area contributed by atoms with Crippen molar-refractivity contribution in [1.82, 2.24) is 15.5 Å². The Morgan fingerprint density at radius 2 is 1.69 bits per heavy atom. The molecule has 14 heteroatoms. The second-order valence-electron chi connectivity index (χ2n) is 8.79. The molecular formula is C22H14B4ClF2N3O4. The van der Waals surface area contributed by atoms with E-state index in [2.05, 4.69) is 0 Å². The SMILES string of the molecule is [B]C1([B])CC(N2Cc3cc(C([B])([B])NC(=O)C(F)(F)c4ccc(Cl)cc4)ccc3C2=O)C(=O)NC1=O. The lowest BCUT2D eigenvalue weighted by atomic mass is 9.50. The van der Waals surface area contributed by atoms with Crippen molar-refractivity contribution in [2.24, 2.45) is 0 Å². The number of amides is 4. The summed E-state index contributed by atoms with van der Waals surface area (Å²) in [5, 5.41) is 0.0844. The minimum absolute atomic E-state index is 0.0198. The lowest BCUT2D eigenvalue weighted by molar-refractivity contribution is -0.147. The first kappa shape index (κ1) is 26.0. The summed E-state index contributed by atoms with van der Waals surface area (Å²) in [6.45, 7) is -0.102. The van der Waals surface area contributed by atoms with Crippen molar-refractivity contribution in [2.75, 3.05) is 0 Å². The van der Waals surface area contributed by atoms with Crippen molar-refractivity contribution in [3.8, 4) is 0 Å². The van der Waals surface area contributed by atoms with Crippen LogP contribution in [0.3, 0.4) is 0 Å². The van der Waals surface area contributed by atoms with Crippen molar-refractivity contribution >= 4 is 66.6 Å². The zero-order valence-corrected chi connectivity index (χ0v) is 19.3. The van der Waals surface area contributed by atoms with Gasteiger partial charge in [0.1, 0.15) is 6.04 Å². The highest BCUT2D eigenvalue weighted by Crippen LogP contribution is 2.35. The molecule has 1 unspecified atom stereocenters. The Kier molecular flexibility index (Phi) is 6.35. The van der Waals surface area contributed by atoms with E-state index in [4.69, 9.17) is 43.0 Å². The fraction of sp³-hybridized carbons (Fsp3) is 0.273. The average molecular weight is 501 g/mol. The molecule has 2 heterocycles. The number of imide groups is 1. The predicted molar refractivity (Wildman–Crippen MR) is 129 cm³/mol. The lowest BCUT2D eigenvalue weighted by Crippen LogP contribution is -2.58. The summed E-state index contributed by atoms with van der Waals surface area (Å²) in [4.78, 5) is 50.6. The lowest BCUT2D eigenvalue weighted by Gasteiger charge is -2.38. The number of alkyl halides is 2. The summed E-state index contributed by atoms with van der Waals surface area (Å²) in [7, 11) is 23.4. The third kappa shape index (κ3) is 4.56. The van der Waals surface area contributed by atoms with Crippen LogP contribution >= 0.6 is 11.6 Å². The Balaban J connectivity index is 1.54. The first-order valence-electron chi connectivity index (χ1n) is 10.5. The van der Waals surface area contributed by atoms with Crippen LogP contribution in [0.4, 0.5) is 8.78 Å². The first-order valence-corrected chi connectivity index (χ1v) is 10.9. The highest BCUT2D eigenvalue weighted by atomic mass is 35.5. The minimum Gasteiger partial charge on any atom is -0.358 e. The number of nitrogens with zero attached hydrogens (tertiary/aromatic N) is 1. The number of carbonyl (C=O) groups excluding carboxylic acids is 4. The molecule has 36 heavy (non-hydrogen) atoms. The van der Waals surface area contributed by atoms with E-state index in [-0.39, 0.29) is 29.1 Å². The Bertz CT molecular complexity index is 1290. The zero-order chi connectivity index (χ0) is 26.6. The molecule has 2 aromatic rings. The van der Waals surface area contributed by atoms with E-state index < -0.39 is 51.7 Å². The summed E-state index contributed by atoms with van der Waals surface area (Å²) < 4.78 is 29.4. The molecule has 2 aliphatic heterocycles. The number of fused-ring (bicyclic) bond motifs is 1. The molecule has 4 rings (SSSR count). The van der Waals surface area contributed by atoms with E-state index in [9.17, 15) is 28.0 Å². The fourth-order valence-electron chi connectivity index (χ4n) is 4.05. The van der Waals surface area contributed by atoms with Gasteiger partial charge in [0.25, 0.3) is 11.8 Å². The molecule has 7 nitrogen and oxygen atoms in total. The van der Waals surface area contributed by atoms with Crippen molar-refractivity contribution in [1.29, 1.82) is 0 Å². The second-order valence-corrected chi connectivity index (χ2v) is 9.22. The maximum absolute atomic E-state index is 14.7. The fourth-order valence-corrected chi connectivity index (χ4v) is 4.18. The Hall–Kier alpha value is -3.07. The van der Waals surface area contributed by atoms with Crippen molar-refractivity contribution in [2.45, 2.75) is 35.5 Å². The summed E-state index contributed by atoms with van der Waals surface area (Å²) in [6.07, 6.45) is -0.308. The maximum Gasteiger partial charge on any atom is 0.349 e. The van der Waals surface area contributed by atoms with Crippen LogP contribution < -0.4 is 10.6 Å². The van der Waals surface area contributed by atoms with Gasteiger partial charge >= 0.3 is 5.92 Å². The first-order chi connectivity index (χ1) is 16.6. The van der Waals surface area contributed by atoms with Crippen LogP contribution in [0.1, 0.15) is 33.5 Å². The third-order valence-electron chi connectivity index (χ3n) is 6.10. The molecule has 0 spiro atoms. The van der Waals surface area contributed by atoms with Gasteiger partial charge in [0, 0.05) is 22.7 Å². The summed E-state index contributed by atoms with van der Waals surface area (Å²) in [6, 6.07) is 7.29. The zero-order valence-electron chi connectivity index (χ0n) is 18.6. The van der Waals surface area contributed by atoms with Crippen molar-refractivity contribution in [3.05, 3.63) is 69.7 Å². The number of piperidine rings is 1. The number of rotatable bonds is 5. The summed E-state index contributed by atoms with van der Waals surface area (Å²) in [5.41, 5.74) is -0.0421. The van der Waals surface area contributed by atoms with Gasteiger partial charge in [-0.2, -0.15) is 8.78 Å². The molecule has 0 aromatic heterocycles. The van der Waals surface area contributed by atoms with Crippen LogP contribution in [0.25, 0.3) is 0 Å². The molecule has 1 atom stereocenters. The van der Waals surface area contributed by atoms with Gasteiger partial charge in [-0.1, -0.05) is 35.9 Å². The molecule has 0 aliphatic carbocycles. The van der Waals surface area contributed by atoms with Gasteiger partial charge in [0.2, 0.25) is 11.8 Å². The van der Waals surface area contributed by atoms with Crippen LogP contribution in [0, 0.1) is 0 Å². The highest BCUT2D eigenvalue weighted by Gasteiger charge is 2.46. The van der Waals surface area contributed by atoms with Gasteiger partial charge < -0.3 is 10.2 Å². The van der Waals surface area contributed by atoms with Crippen LogP contribution in [0.15, 0.2) is 42.5 Å². The third-order valence-corrected chi connectivity index (χ3v) is 6.35. The van der Waals surface area contributed by atoms with Gasteiger partial charge in [-0.05, 0) is 46.3 Å². The van der Waals surface area contributed by atoms with Crippen LogP contribution in [-0.2, 0) is 32.2 Å². The number of nitrogens with one attached hydrogen (secondary N) is 2. The largest absolute Gasteiger partial charge is 0.358 e. The smallest absolute Gasteiger partial charge is 0.349 e. The summed E-state index contributed by atoms with van der Waals surface area (Å²) in [5.74, 6) is -7.87. The van der Waals surface area contributed by atoms with Gasteiger partial charge in [-0.15, -0.1) is 0 Å². The Morgan fingerprint density at radius 3 is 2.33 bits per heavy atom. The van der Waals surface area contributed by atoms with Gasteiger partial charge in [-0.25, -0.2) is 0 Å². The van der Waals surface area contributed by atoms with E-state index in [0.717, 1.165) is 12.1 Å². The molecule has 1 saturated heterocycles. The monoisotopic (exact) mass is 501 g/mol. The van der Waals surface area contributed by atoms with Gasteiger partial charge in [0.15, 0.2) is 0 Å². The molecule has 4 amide bonds. The highest BCUT2D eigenvalue weighted by molar-refractivity contribution is 6.52. The van der Waals surface area contributed by atoms with E-state index in [1.807, 2.05) is 10.6 Å². The standard InChI is InChI=1S/C22H14B4ClF2N3O4/c23-20(24)8-15(16(33)30-18(20)35)32-9-10-7-12(3-6-14(10)17(32)34)22(25,26)31-19(36)21(28,29)11-1-4-13(27)5-2-11/h1-7,15H,8-9H2,(H,31,36)(H,30,33,35). The quantitative estimate of drug-likeness (QED) is 0.462. The number of hydrogen-bond acceptors (Lipinski definition) is 4. The second kappa shape index (κ2) is 8.80. The predicted octanol–water partition coefficient (Wildman–Crippen LogP) is 0.520. The molecule has 1 fully saturated rings. The van der Waals surface area contributed by atoms with E-state index in [1.165, 1.54) is 35.2 Å². The number of carbonyl (C=O) groups is 4. The van der Waals surface area contributed by atoms with Crippen LogP contribution in [0.2, 0.25) is 10.2 Å². The Morgan fingerprint density at radius 1 is 1.08 bits per heavy atom. The van der Waals surface area contributed by atoms with E-state index >= 15 is 0 Å². The maximum atomic E-state index is 14.7. The molecular weight excluding hydrogens is 487 g/mol. The molecule has 2 aromatic carbocycles. The topological polar surface area (TPSA) is 95.6 Å². The summed E-state index contributed by atoms with van der Waals surface area (Å²) >= 11 is 5.71. The molecule has 2 N–H and O–H groups in total. The molecule has 8 radical (unpaired) electrons.